The van der Waals surface area contributed by atoms with Crippen LogP contribution in [0.4, 0.5) is 0 Å². The maximum Gasteiger partial charge on any atom is 0.0742 e. The lowest BCUT2D eigenvalue weighted by Gasteiger charge is -2.53. The highest BCUT2D eigenvalue weighted by Gasteiger charge is 2.48. The lowest BCUT2D eigenvalue weighted by Crippen LogP contribution is -2.63. The zero-order valence-corrected chi connectivity index (χ0v) is 11.5. The fourth-order valence-corrected chi connectivity index (χ4v) is 3.98. The molecule has 0 aromatic heterocycles. The van der Waals surface area contributed by atoms with Gasteiger partial charge in [-0.15, -0.1) is 0 Å². The Labute approximate surface area is 101 Å². The van der Waals surface area contributed by atoms with E-state index in [1.807, 2.05) is 0 Å². The van der Waals surface area contributed by atoms with Crippen molar-refractivity contribution in [1.82, 2.24) is 9.80 Å². The summed E-state index contributed by atoms with van der Waals surface area (Å²) in [4.78, 5) is 5.55. The van der Waals surface area contributed by atoms with Crippen LogP contribution in [0.3, 0.4) is 0 Å². The molecule has 0 radical (unpaired) electrons. The molecule has 2 heteroatoms. The van der Waals surface area contributed by atoms with Gasteiger partial charge in [0.05, 0.1) is 5.66 Å². The van der Waals surface area contributed by atoms with Crippen molar-refractivity contribution in [3.8, 4) is 0 Å². The average molecular weight is 224 g/mol. The van der Waals surface area contributed by atoms with Crippen LogP contribution >= 0.6 is 0 Å². The van der Waals surface area contributed by atoms with Crippen LogP contribution < -0.4 is 0 Å². The van der Waals surface area contributed by atoms with E-state index in [0.717, 1.165) is 0 Å². The summed E-state index contributed by atoms with van der Waals surface area (Å²) in [6, 6.07) is 1.39. The zero-order valence-electron chi connectivity index (χ0n) is 11.5. The van der Waals surface area contributed by atoms with Crippen molar-refractivity contribution in [2.45, 2.75) is 77.5 Å². The highest BCUT2D eigenvalue weighted by Crippen LogP contribution is 2.42. The van der Waals surface area contributed by atoms with Gasteiger partial charge < -0.3 is 0 Å². The van der Waals surface area contributed by atoms with Crippen molar-refractivity contribution in [2.75, 3.05) is 13.1 Å². The maximum absolute atomic E-state index is 2.78. The lowest BCUT2D eigenvalue weighted by molar-refractivity contribution is -0.0893. The smallest absolute Gasteiger partial charge is 0.0742 e. The minimum Gasteiger partial charge on any atom is -0.283 e. The van der Waals surface area contributed by atoms with Gasteiger partial charge in [-0.1, -0.05) is 0 Å². The molecule has 2 rings (SSSR count). The van der Waals surface area contributed by atoms with Crippen molar-refractivity contribution in [3.63, 3.8) is 0 Å². The molecule has 0 amide bonds. The summed E-state index contributed by atoms with van der Waals surface area (Å²) >= 11 is 0. The Morgan fingerprint density at radius 1 is 0.750 bits per heavy atom. The molecule has 2 nitrogen and oxygen atoms in total. The summed E-state index contributed by atoms with van der Waals surface area (Å²) in [6.45, 7) is 12.1. The molecule has 2 heterocycles. The molecule has 0 aromatic carbocycles. The van der Waals surface area contributed by atoms with E-state index < -0.39 is 0 Å². The summed E-state index contributed by atoms with van der Waals surface area (Å²) in [5, 5.41) is 0. The van der Waals surface area contributed by atoms with Crippen LogP contribution in [-0.2, 0) is 0 Å². The van der Waals surface area contributed by atoms with Crippen molar-refractivity contribution < 1.29 is 0 Å². The summed E-state index contributed by atoms with van der Waals surface area (Å²) < 4.78 is 0. The third kappa shape index (κ3) is 1.91. The maximum atomic E-state index is 2.78. The predicted molar refractivity (Wildman–Crippen MR) is 69.5 cm³/mol. The number of hydrogen-bond donors (Lipinski definition) is 0. The molecule has 0 N–H and O–H groups in total. The minimum absolute atomic E-state index is 0.417. The fourth-order valence-electron chi connectivity index (χ4n) is 3.98. The zero-order chi connectivity index (χ0) is 11.8. The molecular formula is C14H28N2. The van der Waals surface area contributed by atoms with Gasteiger partial charge in [0, 0.05) is 25.2 Å². The van der Waals surface area contributed by atoms with E-state index in [1.165, 1.54) is 45.2 Å². The first-order valence-electron chi connectivity index (χ1n) is 7.11. The molecule has 0 aliphatic carbocycles. The molecule has 1 atom stereocenters. The van der Waals surface area contributed by atoms with E-state index >= 15 is 0 Å². The van der Waals surface area contributed by atoms with E-state index in [2.05, 4.69) is 37.5 Å². The first-order valence-corrected chi connectivity index (χ1v) is 7.11. The van der Waals surface area contributed by atoms with Gasteiger partial charge >= 0.3 is 0 Å². The summed E-state index contributed by atoms with van der Waals surface area (Å²) in [7, 11) is 0. The Kier molecular flexibility index (Phi) is 3.60. The number of hydrogen-bond acceptors (Lipinski definition) is 2. The molecule has 1 unspecified atom stereocenters. The molecule has 1 spiro atoms. The molecule has 2 fully saturated rings. The Balaban J connectivity index is 2.24. The van der Waals surface area contributed by atoms with Crippen LogP contribution in [0.5, 0.6) is 0 Å². The van der Waals surface area contributed by atoms with Gasteiger partial charge in [0.25, 0.3) is 0 Å². The standard InChI is InChI=1S/C14H28N2/c1-12(2)15-10-6-5-8-14(15)9-7-11-16(14)13(3)4/h12-13H,5-11H2,1-4H3. The average Bonchev–Trinajstić information content (AvgIpc) is 2.62. The quantitative estimate of drug-likeness (QED) is 0.711. The topological polar surface area (TPSA) is 6.48 Å². The molecule has 2 aliphatic rings. The second-order valence-corrected chi connectivity index (χ2v) is 6.12. The van der Waals surface area contributed by atoms with E-state index in [4.69, 9.17) is 0 Å². The summed E-state index contributed by atoms with van der Waals surface area (Å²) in [6.07, 6.45) is 6.99. The Hall–Kier alpha value is -0.0800. The Morgan fingerprint density at radius 3 is 1.81 bits per heavy atom. The van der Waals surface area contributed by atoms with Gasteiger partial charge in [0.15, 0.2) is 0 Å². The van der Waals surface area contributed by atoms with Crippen molar-refractivity contribution >= 4 is 0 Å². The molecule has 16 heavy (non-hydrogen) atoms. The first-order chi connectivity index (χ1) is 7.58. The number of nitrogens with zero attached hydrogens (tertiary/aromatic N) is 2. The van der Waals surface area contributed by atoms with Crippen LogP contribution in [-0.4, -0.2) is 40.6 Å². The van der Waals surface area contributed by atoms with Crippen LogP contribution in [0.25, 0.3) is 0 Å². The van der Waals surface area contributed by atoms with Gasteiger partial charge in [-0.2, -0.15) is 0 Å². The SMILES string of the molecule is CC(C)N1CCCCC12CCCN2C(C)C. The fraction of sp³-hybridized carbons (Fsp3) is 1.00. The van der Waals surface area contributed by atoms with E-state index in [0.29, 0.717) is 17.7 Å². The van der Waals surface area contributed by atoms with Crippen LogP contribution in [0.15, 0.2) is 0 Å². The monoisotopic (exact) mass is 224 g/mol. The van der Waals surface area contributed by atoms with E-state index in [9.17, 15) is 0 Å². The molecule has 0 aromatic rings. The van der Waals surface area contributed by atoms with Gasteiger partial charge in [-0.25, -0.2) is 0 Å². The first kappa shape index (κ1) is 12.4. The normalized spacial score (nSPS) is 33.4. The highest BCUT2D eigenvalue weighted by atomic mass is 15.4. The lowest BCUT2D eigenvalue weighted by atomic mass is 9.90. The van der Waals surface area contributed by atoms with E-state index in [1.54, 1.807) is 0 Å². The second kappa shape index (κ2) is 4.66. The number of piperidine rings is 1. The van der Waals surface area contributed by atoms with Gasteiger partial charge in [-0.3, -0.25) is 9.80 Å². The molecule has 0 bridgehead atoms. The van der Waals surface area contributed by atoms with Gasteiger partial charge in [0.2, 0.25) is 0 Å². The van der Waals surface area contributed by atoms with Crippen molar-refractivity contribution in [1.29, 1.82) is 0 Å². The van der Waals surface area contributed by atoms with Crippen molar-refractivity contribution in [3.05, 3.63) is 0 Å². The summed E-state index contributed by atoms with van der Waals surface area (Å²) in [5.74, 6) is 0. The van der Waals surface area contributed by atoms with Gasteiger partial charge in [0.1, 0.15) is 0 Å². The van der Waals surface area contributed by atoms with E-state index in [-0.39, 0.29) is 0 Å². The van der Waals surface area contributed by atoms with Crippen molar-refractivity contribution in [2.24, 2.45) is 0 Å². The Morgan fingerprint density at radius 2 is 1.25 bits per heavy atom. The second-order valence-electron chi connectivity index (χ2n) is 6.12. The van der Waals surface area contributed by atoms with Gasteiger partial charge in [-0.05, 0) is 59.8 Å². The number of likely N-dealkylation sites (tertiary alicyclic amines) is 2. The van der Waals surface area contributed by atoms with Crippen LogP contribution in [0, 0.1) is 0 Å². The summed E-state index contributed by atoms with van der Waals surface area (Å²) in [5.41, 5.74) is 0.417. The van der Waals surface area contributed by atoms with Crippen LogP contribution in [0.2, 0.25) is 0 Å². The molecular weight excluding hydrogens is 196 g/mol. The minimum atomic E-state index is 0.417. The number of rotatable bonds is 2. The predicted octanol–water partition coefficient (Wildman–Crippen LogP) is 3.08. The molecule has 0 saturated carbocycles. The molecule has 2 saturated heterocycles. The highest BCUT2D eigenvalue weighted by molar-refractivity contribution is 4.99. The third-order valence-electron chi connectivity index (χ3n) is 4.52. The third-order valence-corrected chi connectivity index (χ3v) is 4.52. The molecule has 94 valence electrons. The van der Waals surface area contributed by atoms with Crippen LogP contribution in [0.1, 0.15) is 59.8 Å². The molecule has 2 aliphatic heterocycles. The largest absolute Gasteiger partial charge is 0.283 e. The Bertz CT molecular complexity index is 237.